The van der Waals surface area contributed by atoms with Crippen molar-refractivity contribution in [1.29, 1.82) is 0 Å². The Hall–Kier alpha value is -0.0800. The molecule has 2 nitrogen and oxygen atoms in total. The fraction of sp³-hybridized carbons (Fsp3) is 1.00. The van der Waals surface area contributed by atoms with Crippen LogP contribution < -0.4 is 0 Å². The Bertz CT molecular complexity index is 103. The summed E-state index contributed by atoms with van der Waals surface area (Å²) in [6, 6.07) is 0. The average Bonchev–Trinajstić information content (AvgIpc) is 1.95. The van der Waals surface area contributed by atoms with E-state index in [2.05, 4.69) is 13.8 Å². The molecule has 1 heterocycles. The summed E-state index contributed by atoms with van der Waals surface area (Å²) in [6.45, 7) is 6.86. The van der Waals surface area contributed by atoms with Crippen LogP contribution in [-0.4, -0.2) is 25.4 Å². The van der Waals surface area contributed by atoms with Crippen molar-refractivity contribution in [3.63, 3.8) is 0 Å². The molecular formula is C9H18O2. The van der Waals surface area contributed by atoms with E-state index in [4.69, 9.17) is 9.47 Å². The molecule has 11 heavy (non-hydrogen) atoms. The minimum Gasteiger partial charge on any atom is -0.378 e. The standard InChI is InChI=1S/C9H18O2/c1-3-6-10-8-9(4-2)5-7-11-9/h3-8H2,1-2H3. The molecule has 1 saturated heterocycles. The van der Waals surface area contributed by atoms with E-state index in [0.29, 0.717) is 0 Å². The van der Waals surface area contributed by atoms with Gasteiger partial charge in [-0.05, 0) is 12.8 Å². The lowest BCUT2D eigenvalue weighted by Crippen LogP contribution is -2.47. The first-order valence-electron chi connectivity index (χ1n) is 4.55. The zero-order chi connectivity index (χ0) is 8.16. The van der Waals surface area contributed by atoms with Crippen LogP contribution in [0.15, 0.2) is 0 Å². The molecular weight excluding hydrogens is 140 g/mol. The maximum atomic E-state index is 5.49. The fourth-order valence-corrected chi connectivity index (χ4v) is 1.29. The molecule has 1 rings (SSSR count). The molecule has 1 aliphatic heterocycles. The lowest BCUT2D eigenvalue weighted by Gasteiger charge is -2.40. The van der Waals surface area contributed by atoms with Crippen LogP contribution in [0.5, 0.6) is 0 Å². The van der Waals surface area contributed by atoms with Gasteiger partial charge in [0.15, 0.2) is 0 Å². The van der Waals surface area contributed by atoms with Crippen molar-refractivity contribution in [2.45, 2.75) is 38.7 Å². The van der Waals surface area contributed by atoms with Crippen molar-refractivity contribution in [2.24, 2.45) is 0 Å². The van der Waals surface area contributed by atoms with E-state index < -0.39 is 0 Å². The maximum Gasteiger partial charge on any atom is 0.0934 e. The lowest BCUT2D eigenvalue weighted by molar-refractivity contribution is -0.182. The van der Waals surface area contributed by atoms with Crippen LogP contribution in [0, 0.1) is 0 Å². The van der Waals surface area contributed by atoms with Crippen molar-refractivity contribution in [2.75, 3.05) is 19.8 Å². The Morgan fingerprint density at radius 2 is 2.18 bits per heavy atom. The predicted molar refractivity (Wildman–Crippen MR) is 44.7 cm³/mol. The van der Waals surface area contributed by atoms with Crippen LogP contribution >= 0.6 is 0 Å². The van der Waals surface area contributed by atoms with Gasteiger partial charge in [-0.2, -0.15) is 0 Å². The van der Waals surface area contributed by atoms with Crippen molar-refractivity contribution < 1.29 is 9.47 Å². The Morgan fingerprint density at radius 1 is 1.45 bits per heavy atom. The van der Waals surface area contributed by atoms with Crippen molar-refractivity contribution in [3.8, 4) is 0 Å². The summed E-state index contributed by atoms with van der Waals surface area (Å²) in [4.78, 5) is 0. The Balaban J connectivity index is 2.11. The topological polar surface area (TPSA) is 18.5 Å². The minimum atomic E-state index is 0.0924. The molecule has 0 N–H and O–H groups in total. The molecule has 0 aromatic rings. The second kappa shape index (κ2) is 4.07. The molecule has 1 aliphatic rings. The van der Waals surface area contributed by atoms with Gasteiger partial charge in [-0.25, -0.2) is 0 Å². The summed E-state index contributed by atoms with van der Waals surface area (Å²) < 4.78 is 10.9. The van der Waals surface area contributed by atoms with Gasteiger partial charge in [0.25, 0.3) is 0 Å². The minimum absolute atomic E-state index is 0.0924. The summed E-state index contributed by atoms with van der Waals surface area (Å²) >= 11 is 0. The van der Waals surface area contributed by atoms with Crippen LogP contribution in [0.3, 0.4) is 0 Å². The molecule has 66 valence electrons. The number of ether oxygens (including phenoxy) is 2. The molecule has 1 unspecified atom stereocenters. The first-order valence-corrected chi connectivity index (χ1v) is 4.55. The van der Waals surface area contributed by atoms with E-state index in [1.165, 1.54) is 6.42 Å². The third kappa shape index (κ3) is 2.17. The molecule has 0 radical (unpaired) electrons. The molecule has 2 heteroatoms. The summed E-state index contributed by atoms with van der Waals surface area (Å²) in [5, 5.41) is 0. The van der Waals surface area contributed by atoms with Crippen molar-refractivity contribution in [1.82, 2.24) is 0 Å². The summed E-state index contributed by atoms with van der Waals surface area (Å²) in [7, 11) is 0. The normalized spacial score (nSPS) is 30.0. The summed E-state index contributed by atoms with van der Waals surface area (Å²) in [5.74, 6) is 0. The Kier molecular flexibility index (Phi) is 3.34. The molecule has 0 aromatic carbocycles. The number of rotatable bonds is 5. The predicted octanol–water partition coefficient (Wildman–Crippen LogP) is 1.98. The van der Waals surface area contributed by atoms with Crippen LogP contribution in [0.1, 0.15) is 33.1 Å². The average molecular weight is 158 g/mol. The van der Waals surface area contributed by atoms with Gasteiger partial charge in [-0.1, -0.05) is 13.8 Å². The smallest absolute Gasteiger partial charge is 0.0934 e. The van der Waals surface area contributed by atoms with E-state index in [0.717, 1.165) is 32.7 Å². The summed E-state index contributed by atoms with van der Waals surface area (Å²) in [5.41, 5.74) is 0.0924. The highest BCUT2D eigenvalue weighted by molar-refractivity contribution is 4.85. The molecule has 0 spiro atoms. The van der Waals surface area contributed by atoms with E-state index in [1.54, 1.807) is 0 Å². The SMILES string of the molecule is CCCOCC1(CC)CCO1. The molecule has 0 amide bonds. The van der Waals surface area contributed by atoms with Gasteiger partial charge >= 0.3 is 0 Å². The van der Waals surface area contributed by atoms with Crippen LogP contribution in [0.4, 0.5) is 0 Å². The van der Waals surface area contributed by atoms with E-state index >= 15 is 0 Å². The molecule has 1 fully saturated rings. The highest BCUT2D eigenvalue weighted by atomic mass is 16.6. The van der Waals surface area contributed by atoms with Crippen LogP contribution in [-0.2, 0) is 9.47 Å². The van der Waals surface area contributed by atoms with Gasteiger partial charge < -0.3 is 9.47 Å². The maximum absolute atomic E-state index is 5.49. The van der Waals surface area contributed by atoms with Gasteiger partial charge in [0.1, 0.15) is 0 Å². The van der Waals surface area contributed by atoms with Gasteiger partial charge in [0.2, 0.25) is 0 Å². The monoisotopic (exact) mass is 158 g/mol. The van der Waals surface area contributed by atoms with Crippen molar-refractivity contribution >= 4 is 0 Å². The van der Waals surface area contributed by atoms with Gasteiger partial charge in [-0.3, -0.25) is 0 Å². The number of hydrogen-bond donors (Lipinski definition) is 0. The lowest BCUT2D eigenvalue weighted by atomic mass is 9.93. The molecule has 0 aromatic heterocycles. The highest BCUT2D eigenvalue weighted by Gasteiger charge is 2.36. The van der Waals surface area contributed by atoms with Gasteiger partial charge in [0.05, 0.1) is 18.8 Å². The Morgan fingerprint density at radius 3 is 2.55 bits per heavy atom. The fourth-order valence-electron chi connectivity index (χ4n) is 1.29. The third-order valence-corrected chi connectivity index (χ3v) is 2.32. The largest absolute Gasteiger partial charge is 0.378 e. The zero-order valence-electron chi connectivity index (χ0n) is 7.56. The zero-order valence-corrected chi connectivity index (χ0v) is 7.56. The quantitative estimate of drug-likeness (QED) is 0.570. The second-order valence-corrected chi connectivity index (χ2v) is 3.19. The summed E-state index contributed by atoms with van der Waals surface area (Å²) in [6.07, 6.45) is 3.35. The van der Waals surface area contributed by atoms with Crippen LogP contribution in [0.2, 0.25) is 0 Å². The van der Waals surface area contributed by atoms with Gasteiger partial charge in [-0.15, -0.1) is 0 Å². The molecule has 0 aliphatic carbocycles. The third-order valence-electron chi connectivity index (χ3n) is 2.32. The Labute approximate surface area is 68.9 Å². The van der Waals surface area contributed by atoms with E-state index in [1.807, 2.05) is 0 Å². The highest BCUT2D eigenvalue weighted by Crippen LogP contribution is 2.29. The van der Waals surface area contributed by atoms with E-state index in [-0.39, 0.29) is 5.60 Å². The van der Waals surface area contributed by atoms with Crippen molar-refractivity contribution in [3.05, 3.63) is 0 Å². The number of hydrogen-bond acceptors (Lipinski definition) is 2. The van der Waals surface area contributed by atoms with E-state index in [9.17, 15) is 0 Å². The second-order valence-electron chi connectivity index (χ2n) is 3.19. The molecule has 0 bridgehead atoms. The first kappa shape index (κ1) is 9.01. The first-order chi connectivity index (χ1) is 5.33. The van der Waals surface area contributed by atoms with Crippen LogP contribution in [0.25, 0.3) is 0 Å². The molecule has 1 atom stereocenters. The molecule has 0 saturated carbocycles. The van der Waals surface area contributed by atoms with Gasteiger partial charge in [0, 0.05) is 13.0 Å².